The summed E-state index contributed by atoms with van der Waals surface area (Å²) in [6.45, 7) is 1.83. The molecule has 14 heavy (non-hydrogen) atoms. The number of hydrogen-bond donors (Lipinski definition) is 0. The molecular formula is C8H6BrClN4. The number of aromatic nitrogens is 4. The lowest BCUT2D eigenvalue weighted by Gasteiger charge is -2.04. The normalized spacial score (nSPS) is 10.5. The minimum atomic E-state index is 0.651. The van der Waals surface area contributed by atoms with Crippen molar-refractivity contribution in [2.24, 2.45) is 0 Å². The van der Waals surface area contributed by atoms with Crippen molar-refractivity contribution in [2.75, 3.05) is 0 Å². The molecule has 0 saturated heterocycles. The van der Waals surface area contributed by atoms with Crippen molar-refractivity contribution in [1.29, 1.82) is 0 Å². The van der Waals surface area contributed by atoms with Crippen LogP contribution in [0.2, 0.25) is 5.02 Å². The van der Waals surface area contributed by atoms with Gasteiger partial charge >= 0.3 is 0 Å². The average molecular weight is 274 g/mol. The molecule has 0 spiro atoms. The first-order valence-corrected chi connectivity index (χ1v) is 5.06. The molecule has 0 aliphatic heterocycles. The average Bonchev–Trinajstić information content (AvgIpc) is 2.56. The molecule has 0 aliphatic carbocycles. The maximum absolute atomic E-state index is 5.88. The summed E-state index contributed by atoms with van der Waals surface area (Å²) in [7, 11) is 0. The Morgan fingerprint density at radius 1 is 1.43 bits per heavy atom. The number of rotatable bonds is 1. The highest BCUT2D eigenvalue weighted by Crippen LogP contribution is 2.24. The third kappa shape index (κ3) is 1.65. The van der Waals surface area contributed by atoms with Crippen LogP contribution in [0.1, 0.15) is 5.82 Å². The Morgan fingerprint density at radius 2 is 2.21 bits per heavy atom. The van der Waals surface area contributed by atoms with Crippen molar-refractivity contribution in [1.82, 2.24) is 20.2 Å². The van der Waals surface area contributed by atoms with E-state index in [-0.39, 0.29) is 0 Å². The van der Waals surface area contributed by atoms with Gasteiger partial charge in [-0.05, 0) is 51.5 Å². The summed E-state index contributed by atoms with van der Waals surface area (Å²) in [5.41, 5.74) is 0.833. The standard InChI is InChI=1S/C8H6BrClN4/c1-5-11-12-13-14(5)8-4-6(10)2-3-7(8)9/h2-4H,1H3. The number of nitrogens with zero attached hydrogens (tertiary/aromatic N) is 4. The summed E-state index contributed by atoms with van der Waals surface area (Å²) in [5, 5.41) is 11.9. The fourth-order valence-electron chi connectivity index (χ4n) is 1.10. The van der Waals surface area contributed by atoms with Gasteiger partial charge in [0.25, 0.3) is 0 Å². The van der Waals surface area contributed by atoms with Gasteiger partial charge < -0.3 is 0 Å². The van der Waals surface area contributed by atoms with Crippen LogP contribution in [-0.2, 0) is 0 Å². The minimum absolute atomic E-state index is 0.651. The molecule has 0 N–H and O–H groups in total. The SMILES string of the molecule is Cc1nnnn1-c1cc(Cl)ccc1Br. The Labute approximate surface area is 94.0 Å². The molecule has 6 heteroatoms. The molecule has 2 rings (SSSR count). The van der Waals surface area contributed by atoms with Gasteiger partial charge in [0.15, 0.2) is 5.82 Å². The van der Waals surface area contributed by atoms with Gasteiger partial charge in [-0.2, -0.15) is 4.68 Å². The minimum Gasteiger partial charge on any atom is -0.196 e. The Balaban J connectivity index is 2.62. The van der Waals surface area contributed by atoms with Crippen molar-refractivity contribution in [3.05, 3.63) is 33.5 Å². The second-order valence-electron chi connectivity index (χ2n) is 2.73. The van der Waals surface area contributed by atoms with E-state index in [1.165, 1.54) is 0 Å². The van der Waals surface area contributed by atoms with Gasteiger partial charge in [-0.15, -0.1) is 5.10 Å². The molecule has 0 aliphatic rings. The van der Waals surface area contributed by atoms with Crippen molar-refractivity contribution < 1.29 is 0 Å². The Kier molecular flexibility index (Phi) is 2.52. The summed E-state index contributed by atoms with van der Waals surface area (Å²) in [4.78, 5) is 0. The fourth-order valence-corrected chi connectivity index (χ4v) is 1.68. The first-order valence-electron chi connectivity index (χ1n) is 3.89. The van der Waals surface area contributed by atoms with Crippen LogP contribution in [0.4, 0.5) is 0 Å². The van der Waals surface area contributed by atoms with E-state index in [0.717, 1.165) is 10.2 Å². The smallest absolute Gasteiger partial charge is 0.153 e. The molecule has 1 aromatic heterocycles. The number of hydrogen-bond acceptors (Lipinski definition) is 3. The van der Waals surface area contributed by atoms with Crippen LogP contribution in [0.5, 0.6) is 0 Å². The largest absolute Gasteiger partial charge is 0.196 e. The van der Waals surface area contributed by atoms with Crippen LogP contribution >= 0.6 is 27.5 Å². The summed E-state index contributed by atoms with van der Waals surface area (Å²) in [6, 6.07) is 5.46. The lowest BCUT2D eigenvalue weighted by atomic mass is 10.3. The second kappa shape index (κ2) is 3.67. The Hall–Kier alpha value is -0.940. The van der Waals surface area contributed by atoms with Gasteiger partial charge in [-0.25, -0.2) is 0 Å². The van der Waals surface area contributed by atoms with Crippen LogP contribution < -0.4 is 0 Å². The molecule has 0 saturated carbocycles. The zero-order valence-electron chi connectivity index (χ0n) is 7.28. The van der Waals surface area contributed by atoms with E-state index in [2.05, 4.69) is 31.5 Å². The highest BCUT2D eigenvalue weighted by Gasteiger charge is 2.07. The van der Waals surface area contributed by atoms with Gasteiger partial charge in [0.05, 0.1) is 5.69 Å². The van der Waals surface area contributed by atoms with Gasteiger partial charge in [-0.1, -0.05) is 11.6 Å². The zero-order valence-corrected chi connectivity index (χ0v) is 9.62. The van der Waals surface area contributed by atoms with E-state index >= 15 is 0 Å². The zero-order chi connectivity index (χ0) is 10.1. The highest BCUT2D eigenvalue weighted by molar-refractivity contribution is 9.10. The molecule has 0 radical (unpaired) electrons. The molecule has 1 heterocycles. The molecule has 1 aromatic carbocycles. The maximum Gasteiger partial charge on any atom is 0.153 e. The van der Waals surface area contributed by atoms with Crippen LogP contribution in [-0.4, -0.2) is 20.2 Å². The van der Waals surface area contributed by atoms with Gasteiger partial charge in [-0.3, -0.25) is 0 Å². The Bertz CT molecular complexity index is 468. The molecule has 0 unspecified atom stereocenters. The quantitative estimate of drug-likeness (QED) is 0.801. The van der Waals surface area contributed by atoms with Crippen LogP contribution in [0.3, 0.4) is 0 Å². The summed E-state index contributed by atoms with van der Waals surface area (Å²) in [5.74, 6) is 0.716. The second-order valence-corrected chi connectivity index (χ2v) is 4.02. The predicted octanol–water partition coefficient (Wildman–Crippen LogP) is 2.39. The van der Waals surface area contributed by atoms with E-state index in [0.29, 0.717) is 10.8 Å². The Morgan fingerprint density at radius 3 is 2.86 bits per heavy atom. The van der Waals surface area contributed by atoms with Gasteiger partial charge in [0.2, 0.25) is 0 Å². The molecule has 4 nitrogen and oxygen atoms in total. The maximum atomic E-state index is 5.88. The van der Waals surface area contributed by atoms with Crippen molar-refractivity contribution >= 4 is 27.5 Å². The number of aryl methyl sites for hydroxylation is 1. The van der Waals surface area contributed by atoms with Crippen molar-refractivity contribution in [2.45, 2.75) is 6.92 Å². The van der Waals surface area contributed by atoms with Crippen LogP contribution in [0, 0.1) is 6.92 Å². The van der Waals surface area contributed by atoms with Crippen LogP contribution in [0.15, 0.2) is 22.7 Å². The lowest BCUT2D eigenvalue weighted by molar-refractivity contribution is 0.777. The van der Waals surface area contributed by atoms with E-state index in [9.17, 15) is 0 Å². The van der Waals surface area contributed by atoms with Crippen LogP contribution in [0.25, 0.3) is 5.69 Å². The molecule has 0 bridgehead atoms. The molecule has 0 atom stereocenters. The molecule has 0 amide bonds. The van der Waals surface area contributed by atoms with Gasteiger partial charge in [0.1, 0.15) is 0 Å². The van der Waals surface area contributed by atoms with E-state index in [4.69, 9.17) is 11.6 Å². The number of tetrazole rings is 1. The molecule has 0 fully saturated rings. The van der Waals surface area contributed by atoms with E-state index in [1.807, 2.05) is 13.0 Å². The lowest BCUT2D eigenvalue weighted by Crippen LogP contribution is -2.00. The summed E-state index contributed by atoms with van der Waals surface area (Å²) in [6.07, 6.45) is 0. The van der Waals surface area contributed by atoms with Gasteiger partial charge in [0, 0.05) is 9.50 Å². The highest BCUT2D eigenvalue weighted by atomic mass is 79.9. The first-order chi connectivity index (χ1) is 6.68. The summed E-state index contributed by atoms with van der Waals surface area (Å²) >= 11 is 9.29. The van der Waals surface area contributed by atoms with Crippen molar-refractivity contribution in [3.8, 4) is 5.69 Å². The van der Waals surface area contributed by atoms with E-state index in [1.54, 1.807) is 16.8 Å². The number of halogens is 2. The molecule has 72 valence electrons. The third-order valence-corrected chi connectivity index (χ3v) is 2.67. The summed E-state index contributed by atoms with van der Waals surface area (Å²) < 4.78 is 2.52. The van der Waals surface area contributed by atoms with E-state index < -0.39 is 0 Å². The third-order valence-electron chi connectivity index (χ3n) is 1.76. The number of benzene rings is 1. The molecular weight excluding hydrogens is 267 g/mol. The first kappa shape index (κ1) is 9.61. The predicted molar refractivity (Wildman–Crippen MR) is 56.6 cm³/mol. The van der Waals surface area contributed by atoms with Crippen molar-refractivity contribution in [3.63, 3.8) is 0 Å². The monoisotopic (exact) mass is 272 g/mol. The fraction of sp³-hybridized carbons (Fsp3) is 0.125. The molecule has 2 aromatic rings. The topological polar surface area (TPSA) is 43.6 Å².